The zero-order chi connectivity index (χ0) is 12.0. The summed E-state index contributed by atoms with van der Waals surface area (Å²) in [6.45, 7) is 4.64. The Labute approximate surface area is 95.2 Å². The smallest absolute Gasteiger partial charge is 0.356 e. The molecule has 0 radical (unpaired) electrons. The molecule has 16 heavy (non-hydrogen) atoms. The van der Waals surface area contributed by atoms with Gasteiger partial charge in [0.1, 0.15) is 17.6 Å². The van der Waals surface area contributed by atoms with Crippen LogP contribution < -0.4 is 0 Å². The predicted octanol–water partition coefficient (Wildman–Crippen LogP) is 2.07. The van der Waals surface area contributed by atoms with Gasteiger partial charge < -0.3 is 14.5 Å². The summed E-state index contributed by atoms with van der Waals surface area (Å²) in [4.78, 5) is 18.3. The molecule has 1 rings (SSSR count). The number of aromatic nitrogens is 2. The van der Waals surface area contributed by atoms with Gasteiger partial charge in [-0.3, -0.25) is 0 Å². The van der Waals surface area contributed by atoms with E-state index in [4.69, 9.17) is 4.74 Å². The Morgan fingerprint density at radius 1 is 1.56 bits per heavy atom. The lowest BCUT2D eigenvalue weighted by molar-refractivity contribution is 0.0494. The van der Waals surface area contributed by atoms with Crippen LogP contribution in [0.1, 0.15) is 49.1 Å². The van der Waals surface area contributed by atoms with E-state index in [0.717, 1.165) is 12.8 Å². The Hall–Kier alpha value is -1.36. The molecule has 0 amide bonds. The van der Waals surface area contributed by atoms with Crippen LogP contribution in [0.15, 0.2) is 6.20 Å². The predicted molar refractivity (Wildman–Crippen MR) is 59.2 cm³/mol. The van der Waals surface area contributed by atoms with Crippen molar-refractivity contribution in [3.63, 3.8) is 0 Å². The van der Waals surface area contributed by atoms with Crippen molar-refractivity contribution in [3.8, 4) is 0 Å². The lowest BCUT2D eigenvalue weighted by Crippen LogP contribution is -2.07. The zero-order valence-corrected chi connectivity index (χ0v) is 9.95. The molecule has 0 fully saturated rings. The van der Waals surface area contributed by atoms with Crippen molar-refractivity contribution in [2.45, 2.75) is 32.8 Å². The molecule has 90 valence electrons. The van der Waals surface area contributed by atoms with Gasteiger partial charge in [-0.25, -0.2) is 9.78 Å². The van der Waals surface area contributed by atoms with Gasteiger partial charge >= 0.3 is 5.97 Å². The maximum Gasteiger partial charge on any atom is 0.356 e. The van der Waals surface area contributed by atoms with Crippen LogP contribution in [0.4, 0.5) is 0 Å². The average molecular weight is 226 g/mol. The third-order valence-electron chi connectivity index (χ3n) is 2.22. The maximum absolute atomic E-state index is 11.2. The van der Waals surface area contributed by atoms with E-state index in [1.165, 1.54) is 13.3 Å². The van der Waals surface area contributed by atoms with E-state index in [-0.39, 0.29) is 6.10 Å². The number of rotatable bonds is 6. The van der Waals surface area contributed by atoms with Crippen LogP contribution in [-0.4, -0.2) is 29.7 Å². The number of nitrogens with one attached hydrogen (secondary N) is 1. The SMILES string of the molecule is CCCC(OCC)c1ncc(C(=O)OC)[nH]1. The lowest BCUT2D eigenvalue weighted by atomic mass is 10.2. The summed E-state index contributed by atoms with van der Waals surface area (Å²) in [5.41, 5.74) is 0.360. The molecule has 0 saturated heterocycles. The Kier molecular flexibility index (Phi) is 4.98. The lowest BCUT2D eigenvalue weighted by Gasteiger charge is -2.13. The number of carbonyl (C=O) groups excluding carboxylic acids is 1. The van der Waals surface area contributed by atoms with Gasteiger partial charge in [-0.2, -0.15) is 0 Å². The van der Waals surface area contributed by atoms with Crippen molar-refractivity contribution in [1.29, 1.82) is 0 Å². The molecule has 0 aliphatic carbocycles. The Morgan fingerprint density at radius 2 is 2.31 bits per heavy atom. The van der Waals surface area contributed by atoms with E-state index >= 15 is 0 Å². The van der Waals surface area contributed by atoms with Crippen molar-refractivity contribution < 1.29 is 14.3 Å². The van der Waals surface area contributed by atoms with Gasteiger partial charge in [0.15, 0.2) is 0 Å². The summed E-state index contributed by atoms with van der Waals surface area (Å²) in [5, 5.41) is 0. The van der Waals surface area contributed by atoms with Crippen molar-refractivity contribution in [3.05, 3.63) is 17.7 Å². The number of hydrogen-bond donors (Lipinski definition) is 1. The summed E-state index contributed by atoms with van der Waals surface area (Å²) in [6, 6.07) is 0. The number of hydrogen-bond acceptors (Lipinski definition) is 4. The van der Waals surface area contributed by atoms with Crippen LogP contribution in [0.2, 0.25) is 0 Å². The van der Waals surface area contributed by atoms with E-state index < -0.39 is 5.97 Å². The normalized spacial score (nSPS) is 12.4. The Bertz CT molecular complexity index is 330. The first-order chi connectivity index (χ1) is 7.72. The number of imidazole rings is 1. The van der Waals surface area contributed by atoms with Gasteiger partial charge in [-0.1, -0.05) is 13.3 Å². The van der Waals surface area contributed by atoms with E-state index in [2.05, 4.69) is 21.6 Å². The molecular formula is C11H18N2O3. The van der Waals surface area contributed by atoms with Gasteiger partial charge in [0.05, 0.1) is 13.3 Å². The fraction of sp³-hybridized carbons (Fsp3) is 0.636. The van der Waals surface area contributed by atoms with Crippen molar-refractivity contribution in [2.24, 2.45) is 0 Å². The first-order valence-corrected chi connectivity index (χ1v) is 5.47. The highest BCUT2D eigenvalue weighted by atomic mass is 16.5. The minimum absolute atomic E-state index is 0.0755. The maximum atomic E-state index is 11.2. The van der Waals surface area contributed by atoms with Gasteiger partial charge in [-0.15, -0.1) is 0 Å². The molecule has 1 atom stereocenters. The minimum atomic E-state index is -0.412. The van der Waals surface area contributed by atoms with Gasteiger partial charge in [0, 0.05) is 6.61 Å². The molecule has 0 aliphatic heterocycles. The van der Waals surface area contributed by atoms with Gasteiger partial charge in [0.25, 0.3) is 0 Å². The number of aromatic amines is 1. The summed E-state index contributed by atoms with van der Waals surface area (Å²) in [5.74, 6) is 0.273. The summed E-state index contributed by atoms with van der Waals surface area (Å²) >= 11 is 0. The molecule has 0 aliphatic rings. The van der Waals surface area contributed by atoms with Crippen LogP contribution in [0.25, 0.3) is 0 Å². The number of H-pyrrole nitrogens is 1. The van der Waals surface area contributed by atoms with E-state index in [1.54, 1.807) is 0 Å². The molecular weight excluding hydrogens is 208 g/mol. The van der Waals surface area contributed by atoms with Crippen LogP contribution in [-0.2, 0) is 9.47 Å². The number of esters is 1. The second kappa shape index (κ2) is 6.27. The van der Waals surface area contributed by atoms with Crippen LogP contribution in [0.3, 0.4) is 0 Å². The van der Waals surface area contributed by atoms with Gasteiger partial charge in [-0.05, 0) is 13.3 Å². The third-order valence-corrected chi connectivity index (χ3v) is 2.22. The molecule has 0 saturated carbocycles. The fourth-order valence-corrected chi connectivity index (χ4v) is 1.48. The Morgan fingerprint density at radius 3 is 2.88 bits per heavy atom. The van der Waals surface area contributed by atoms with E-state index in [0.29, 0.717) is 18.1 Å². The number of nitrogens with zero attached hydrogens (tertiary/aromatic N) is 1. The molecule has 1 aromatic rings. The molecule has 1 heterocycles. The van der Waals surface area contributed by atoms with Crippen LogP contribution in [0, 0.1) is 0 Å². The molecule has 1 unspecified atom stereocenters. The molecule has 0 aromatic carbocycles. The summed E-state index contributed by atoms with van der Waals surface area (Å²) in [6.07, 6.45) is 3.28. The third kappa shape index (κ3) is 3.06. The topological polar surface area (TPSA) is 64.2 Å². The van der Waals surface area contributed by atoms with Crippen molar-refractivity contribution >= 4 is 5.97 Å². The average Bonchev–Trinajstić information content (AvgIpc) is 2.77. The fourth-order valence-electron chi connectivity index (χ4n) is 1.48. The highest BCUT2D eigenvalue weighted by Crippen LogP contribution is 2.19. The number of carbonyl (C=O) groups is 1. The monoisotopic (exact) mass is 226 g/mol. The molecule has 0 bridgehead atoms. The van der Waals surface area contributed by atoms with Crippen molar-refractivity contribution in [2.75, 3.05) is 13.7 Å². The second-order valence-corrected chi connectivity index (χ2v) is 3.41. The summed E-state index contributed by atoms with van der Waals surface area (Å²) < 4.78 is 10.1. The first kappa shape index (κ1) is 12.7. The molecule has 0 spiro atoms. The zero-order valence-electron chi connectivity index (χ0n) is 9.95. The van der Waals surface area contributed by atoms with Gasteiger partial charge in [0.2, 0.25) is 0 Å². The van der Waals surface area contributed by atoms with Crippen LogP contribution in [0.5, 0.6) is 0 Å². The standard InChI is InChI=1S/C11H18N2O3/c1-4-6-9(16-5-2)10-12-7-8(13-10)11(14)15-3/h7,9H,4-6H2,1-3H3,(H,12,13). The van der Waals surface area contributed by atoms with Crippen molar-refractivity contribution in [1.82, 2.24) is 9.97 Å². The highest BCUT2D eigenvalue weighted by molar-refractivity contribution is 5.86. The van der Waals surface area contributed by atoms with Crippen LogP contribution >= 0.6 is 0 Å². The Balaban J connectivity index is 2.76. The number of ether oxygens (including phenoxy) is 2. The second-order valence-electron chi connectivity index (χ2n) is 3.41. The molecule has 1 aromatic heterocycles. The van der Waals surface area contributed by atoms with E-state index in [1.807, 2.05) is 6.92 Å². The quantitative estimate of drug-likeness (QED) is 0.754. The highest BCUT2D eigenvalue weighted by Gasteiger charge is 2.16. The molecule has 1 N–H and O–H groups in total. The molecule has 5 heteroatoms. The molecule has 5 nitrogen and oxygen atoms in total. The summed E-state index contributed by atoms with van der Waals surface area (Å²) in [7, 11) is 1.34. The number of methoxy groups -OCH3 is 1. The first-order valence-electron chi connectivity index (χ1n) is 5.47. The van der Waals surface area contributed by atoms with E-state index in [9.17, 15) is 4.79 Å². The minimum Gasteiger partial charge on any atom is -0.464 e. The largest absolute Gasteiger partial charge is 0.464 e.